The Hall–Kier alpha value is -2.39. The second kappa shape index (κ2) is 9.00. The molecule has 6 heteroatoms. The average molecular weight is 423 g/mol. The van der Waals surface area contributed by atoms with Crippen LogP contribution < -0.4 is 11.1 Å². The molecule has 0 radical (unpaired) electrons. The largest absolute Gasteiger partial charge is 0.369 e. The van der Waals surface area contributed by atoms with E-state index in [-0.39, 0.29) is 18.2 Å². The Morgan fingerprint density at radius 1 is 1.13 bits per heavy atom. The number of nitrogens with one attached hydrogen (secondary N) is 1. The zero-order chi connectivity index (χ0) is 21.9. The Morgan fingerprint density at radius 2 is 1.81 bits per heavy atom. The Bertz CT molecular complexity index is 838. The Kier molecular flexibility index (Phi) is 6.34. The molecule has 1 aliphatic heterocycles. The van der Waals surface area contributed by atoms with E-state index in [4.69, 9.17) is 5.73 Å². The number of nitriles is 1. The highest BCUT2D eigenvalue weighted by Crippen LogP contribution is 2.40. The Balaban J connectivity index is 1.50. The van der Waals surface area contributed by atoms with Gasteiger partial charge in [0, 0.05) is 24.9 Å². The van der Waals surface area contributed by atoms with Crippen molar-refractivity contribution in [3.8, 4) is 6.07 Å². The number of carbonyl (C=O) groups excluding carboxylic acids is 2. The van der Waals surface area contributed by atoms with Gasteiger partial charge in [-0.3, -0.25) is 9.59 Å². The van der Waals surface area contributed by atoms with Crippen LogP contribution in [0.15, 0.2) is 24.3 Å². The molecule has 0 bridgehead atoms. The number of nitrogens with two attached hydrogens (primary N) is 1. The van der Waals surface area contributed by atoms with Gasteiger partial charge >= 0.3 is 0 Å². The van der Waals surface area contributed by atoms with Crippen LogP contribution in [0, 0.1) is 22.7 Å². The van der Waals surface area contributed by atoms with Crippen LogP contribution in [0.25, 0.3) is 0 Å². The summed E-state index contributed by atoms with van der Waals surface area (Å²) in [4.78, 5) is 27.7. The highest BCUT2D eigenvalue weighted by Gasteiger charge is 2.45. The summed E-state index contributed by atoms with van der Waals surface area (Å²) in [7, 11) is 0. The SMILES string of the molecule is N#CC1(N(CC2Cc3ccccc3C2)C(=O)CCC2(C(N)=O)CCCCC2)CCNC1. The van der Waals surface area contributed by atoms with Crippen molar-refractivity contribution in [3.63, 3.8) is 0 Å². The Labute approximate surface area is 185 Å². The van der Waals surface area contributed by atoms with Crippen LogP contribution in [-0.4, -0.2) is 41.9 Å². The molecule has 1 aromatic rings. The minimum atomic E-state index is -0.793. The molecule has 1 heterocycles. The maximum atomic E-state index is 13.6. The molecule has 1 aromatic carbocycles. The number of carbonyl (C=O) groups is 2. The topological polar surface area (TPSA) is 99.2 Å². The number of hydrogen-bond acceptors (Lipinski definition) is 4. The van der Waals surface area contributed by atoms with Gasteiger partial charge in [-0.15, -0.1) is 0 Å². The molecule has 1 saturated carbocycles. The van der Waals surface area contributed by atoms with Crippen molar-refractivity contribution >= 4 is 11.8 Å². The van der Waals surface area contributed by atoms with E-state index in [1.807, 2.05) is 4.90 Å². The first-order chi connectivity index (χ1) is 15.0. The van der Waals surface area contributed by atoms with Crippen molar-refractivity contribution in [2.45, 2.75) is 69.7 Å². The van der Waals surface area contributed by atoms with Crippen molar-refractivity contribution < 1.29 is 9.59 Å². The van der Waals surface area contributed by atoms with Gasteiger partial charge in [-0.2, -0.15) is 5.26 Å². The minimum absolute atomic E-state index is 0.00703. The van der Waals surface area contributed by atoms with Gasteiger partial charge in [0.25, 0.3) is 0 Å². The van der Waals surface area contributed by atoms with Crippen LogP contribution in [0.3, 0.4) is 0 Å². The second-order valence-corrected chi connectivity index (χ2v) is 9.82. The predicted molar refractivity (Wildman–Crippen MR) is 119 cm³/mol. The lowest BCUT2D eigenvalue weighted by Crippen LogP contribution is -2.54. The molecule has 1 saturated heterocycles. The molecule has 2 amide bonds. The normalized spacial score (nSPS) is 25.0. The first kappa shape index (κ1) is 21.8. The van der Waals surface area contributed by atoms with Crippen molar-refractivity contribution in [2.75, 3.05) is 19.6 Å². The molecule has 2 fully saturated rings. The van der Waals surface area contributed by atoms with Crippen LogP contribution in [-0.2, 0) is 22.4 Å². The van der Waals surface area contributed by atoms with Crippen LogP contribution in [0.1, 0.15) is 62.5 Å². The third-order valence-corrected chi connectivity index (χ3v) is 7.89. The first-order valence-corrected chi connectivity index (χ1v) is 11.8. The summed E-state index contributed by atoms with van der Waals surface area (Å²) in [5.41, 5.74) is 7.15. The summed E-state index contributed by atoms with van der Waals surface area (Å²) in [5.74, 6) is 0.0506. The fourth-order valence-electron chi connectivity index (χ4n) is 5.95. The molecular weight excluding hydrogens is 388 g/mol. The van der Waals surface area contributed by atoms with Crippen LogP contribution in [0.2, 0.25) is 0 Å². The third kappa shape index (κ3) is 4.34. The first-order valence-electron chi connectivity index (χ1n) is 11.8. The molecule has 3 N–H and O–H groups in total. The lowest BCUT2D eigenvalue weighted by molar-refractivity contribution is -0.138. The number of primary amides is 1. The van der Waals surface area contributed by atoms with Gasteiger partial charge in [0.05, 0.1) is 6.07 Å². The van der Waals surface area contributed by atoms with Crippen molar-refractivity contribution in [1.82, 2.24) is 10.2 Å². The van der Waals surface area contributed by atoms with E-state index in [9.17, 15) is 14.9 Å². The number of rotatable bonds is 7. The summed E-state index contributed by atoms with van der Waals surface area (Å²) < 4.78 is 0. The van der Waals surface area contributed by atoms with E-state index < -0.39 is 11.0 Å². The standard InChI is InChI=1S/C25H34N4O2/c26-17-25(12-13-28-18-25)29(16-19-14-20-6-2-3-7-21(20)15-19)22(30)8-11-24(23(27)31)9-4-1-5-10-24/h2-3,6-7,19,28H,1,4-5,8-16,18H2,(H2,27,31). The van der Waals surface area contributed by atoms with Gasteiger partial charge in [0.2, 0.25) is 11.8 Å². The molecule has 4 rings (SSSR count). The van der Waals surface area contributed by atoms with Gasteiger partial charge in [-0.1, -0.05) is 43.5 Å². The maximum absolute atomic E-state index is 13.6. The number of nitrogens with zero attached hydrogens (tertiary/aromatic N) is 2. The summed E-state index contributed by atoms with van der Waals surface area (Å²) in [6.07, 6.45) is 7.98. The van der Waals surface area contributed by atoms with Crippen LogP contribution in [0.4, 0.5) is 0 Å². The molecule has 1 unspecified atom stereocenters. The quantitative estimate of drug-likeness (QED) is 0.706. The lowest BCUT2D eigenvalue weighted by Gasteiger charge is -2.39. The zero-order valence-electron chi connectivity index (χ0n) is 18.4. The van der Waals surface area contributed by atoms with Gasteiger partial charge in [0.1, 0.15) is 5.54 Å². The monoisotopic (exact) mass is 422 g/mol. The van der Waals surface area contributed by atoms with Crippen LogP contribution >= 0.6 is 0 Å². The molecule has 1 atom stereocenters. The lowest BCUT2D eigenvalue weighted by atomic mass is 9.70. The number of fused-ring (bicyclic) bond motifs is 1. The highest BCUT2D eigenvalue weighted by molar-refractivity contribution is 5.83. The third-order valence-electron chi connectivity index (χ3n) is 7.89. The Morgan fingerprint density at radius 3 is 2.35 bits per heavy atom. The summed E-state index contributed by atoms with van der Waals surface area (Å²) >= 11 is 0. The van der Waals surface area contributed by atoms with Gasteiger partial charge < -0.3 is 16.0 Å². The number of hydrogen-bond donors (Lipinski definition) is 2. The molecule has 0 spiro atoms. The second-order valence-electron chi connectivity index (χ2n) is 9.82. The molecule has 3 aliphatic rings. The van der Waals surface area contributed by atoms with Crippen molar-refractivity contribution in [2.24, 2.45) is 17.1 Å². The van der Waals surface area contributed by atoms with Crippen molar-refractivity contribution in [3.05, 3.63) is 35.4 Å². The maximum Gasteiger partial charge on any atom is 0.223 e. The fraction of sp³-hybridized carbons (Fsp3) is 0.640. The van der Waals surface area contributed by atoms with E-state index in [1.54, 1.807) is 0 Å². The molecular formula is C25H34N4O2. The summed E-state index contributed by atoms with van der Waals surface area (Å²) in [6, 6.07) is 10.9. The van der Waals surface area contributed by atoms with E-state index in [1.165, 1.54) is 11.1 Å². The number of benzene rings is 1. The molecule has 2 aliphatic carbocycles. The average Bonchev–Trinajstić information content (AvgIpc) is 3.43. The van der Waals surface area contributed by atoms with E-state index in [2.05, 4.69) is 35.7 Å². The van der Waals surface area contributed by atoms with Gasteiger partial charge in [0.15, 0.2) is 0 Å². The molecule has 0 aromatic heterocycles. The summed E-state index contributed by atoms with van der Waals surface area (Å²) in [5, 5.41) is 13.4. The number of amides is 2. The predicted octanol–water partition coefficient (Wildman–Crippen LogP) is 2.70. The summed E-state index contributed by atoms with van der Waals surface area (Å²) in [6.45, 7) is 1.84. The molecule has 6 nitrogen and oxygen atoms in total. The van der Waals surface area contributed by atoms with E-state index in [0.29, 0.717) is 31.8 Å². The van der Waals surface area contributed by atoms with Crippen LogP contribution in [0.5, 0.6) is 0 Å². The van der Waals surface area contributed by atoms with Crippen molar-refractivity contribution in [1.29, 1.82) is 5.26 Å². The van der Waals surface area contributed by atoms with Gasteiger partial charge in [-0.05, 0) is 62.1 Å². The minimum Gasteiger partial charge on any atom is -0.369 e. The zero-order valence-corrected chi connectivity index (χ0v) is 18.4. The smallest absolute Gasteiger partial charge is 0.223 e. The van der Waals surface area contributed by atoms with E-state index >= 15 is 0 Å². The molecule has 31 heavy (non-hydrogen) atoms. The fourth-order valence-corrected chi connectivity index (χ4v) is 5.95. The van der Waals surface area contributed by atoms with Gasteiger partial charge in [-0.25, -0.2) is 0 Å². The van der Waals surface area contributed by atoms with E-state index in [0.717, 1.165) is 51.5 Å². The molecule has 166 valence electrons. The highest BCUT2D eigenvalue weighted by atomic mass is 16.2.